The Morgan fingerprint density at radius 1 is 1.35 bits per heavy atom. The Hall–Kier alpha value is -0.770. The summed E-state index contributed by atoms with van der Waals surface area (Å²) < 4.78 is 5.15. The molecular formula is C13H12ClNOS. The van der Waals surface area contributed by atoms with Crippen LogP contribution in [0.5, 0.6) is 0 Å². The Balaban J connectivity index is 1.84. The summed E-state index contributed by atoms with van der Waals surface area (Å²) in [5, 5.41) is 2.39. The lowest BCUT2D eigenvalue weighted by Gasteiger charge is -2.25. The minimum Gasteiger partial charge on any atom is -0.379 e. The summed E-state index contributed by atoms with van der Waals surface area (Å²) >= 11 is 8.08. The number of benzene rings is 1. The van der Waals surface area contributed by atoms with Crippen LogP contribution in [0.3, 0.4) is 0 Å². The molecule has 0 amide bonds. The van der Waals surface area contributed by atoms with Gasteiger partial charge in [-0.3, -0.25) is 0 Å². The molecule has 4 heteroatoms. The van der Waals surface area contributed by atoms with Crippen molar-refractivity contribution < 1.29 is 4.74 Å². The van der Waals surface area contributed by atoms with Gasteiger partial charge in [-0.1, -0.05) is 29.8 Å². The molecule has 0 radical (unpaired) electrons. The number of halogens is 1. The van der Waals surface area contributed by atoms with Gasteiger partial charge < -0.3 is 4.74 Å². The Kier molecular flexibility index (Phi) is 3.23. The molecule has 3 rings (SSSR count). The lowest BCUT2D eigenvalue weighted by atomic mass is 10.2. The average Bonchev–Trinajstić information content (AvgIpc) is 2.27. The van der Waals surface area contributed by atoms with Crippen LogP contribution < -0.4 is 0 Å². The molecule has 2 heterocycles. The first-order valence-corrected chi connectivity index (χ1v) is 6.99. The van der Waals surface area contributed by atoms with Gasteiger partial charge in [0.1, 0.15) is 5.15 Å². The van der Waals surface area contributed by atoms with Crippen molar-refractivity contribution in [1.82, 2.24) is 4.98 Å². The van der Waals surface area contributed by atoms with Gasteiger partial charge in [0.25, 0.3) is 0 Å². The van der Waals surface area contributed by atoms with Crippen LogP contribution in [0.15, 0.2) is 30.3 Å². The molecule has 1 aliphatic rings. The molecule has 0 unspecified atom stereocenters. The van der Waals surface area contributed by atoms with Gasteiger partial charge in [0, 0.05) is 16.7 Å². The highest BCUT2D eigenvalue weighted by molar-refractivity contribution is 7.99. The normalized spacial score (nSPS) is 16.1. The van der Waals surface area contributed by atoms with Crippen molar-refractivity contribution in [3.05, 3.63) is 41.0 Å². The summed E-state index contributed by atoms with van der Waals surface area (Å²) in [6.45, 7) is 1.73. The van der Waals surface area contributed by atoms with Crippen molar-refractivity contribution in [1.29, 1.82) is 0 Å². The fraction of sp³-hybridized carbons (Fsp3) is 0.308. The molecule has 88 valence electrons. The summed E-state index contributed by atoms with van der Waals surface area (Å²) in [6.07, 6.45) is 0. The molecule has 1 aliphatic heterocycles. The van der Waals surface area contributed by atoms with E-state index in [1.807, 2.05) is 30.0 Å². The third-order valence-corrected chi connectivity index (χ3v) is 4.38. The lowest BCUT2D eigenvalue weighted by molar-refractivity contribution is 0.0455. The van der Waals surface area contributed by atoms with Crippen LogP contribution in [0.1, 0.15) is 5.56 Å². The van der Waals surface area contributed by atoms with E-state index in [0.29, 0.717) is 10.4 Å². The second-order valence-electron chi connectivity index (χ2n) is 4.10. The Bertz CT molecular complexity index is 542. The number of ether oxygens (including phenoxy) is 1. The molecule has 2 nitrogen and oxygen atoms in total. The number of nitrogens with zero attached hydrogens (tertiary/aromatic N) is 1. The fourth-order valence-electron chi connectivity index (χ4n) is 1.76. The van der Waals surface area contributed by atoms with Crippen LogP contribution in [0, 0.1) is 0 Å². The summed E-state index contributed by atoms with van der Waals surface area (Å²) in [6, 6.07) is 10.2. The zero-order chi connectivity index (χ0) is 11.7. The van der Waals surface area contributed by atoms with Crippen LogP contribution in [0.25, 0.3) is 10.9 Å². The van der Waals surface area contributed by atoms with Gasteiger partial charge in [0.05, 0.1) is 24.0 Å². The Labute approximate surface area is 109 Å². The van der Waals surface area contributed by atoms with Crippen LogP contribution in [-0.4, -0.2) is 23.4 Å². The zero-order valence-electron chi connectivity index (χ0n) is 9.23. The second-order valence-corrected chi connectivity index (χ2v) is 5.75. The smallest absolute Gasteiger partial charge is 0.133 e. The predicted molar refractivity (Wildman–Crippen MR) is 72.7 cm³/mol. The van der Waals surface area contributed by atoms with Crippen LogP contribution in [0.2, 0.25) is 5.15 Å². The van der Waals surface area contributed by atoms with Gasteiger partial charge in [-0.25, -0.2) is 4.98 Å². The fourth-order valence-corrected chi connectivity index (χ4v) is 3.07. The molecule has 17 heavy (non-hydrogen) atoms. The zero-order valence-corrected chi connectivity index (χ0v) is 10.8. The van der Waals surface area contributed by atoms with Crippen molar-refractivity contribution >= 4 is 34.3 Å². The van der Waals surface area contributed by atoms with E-state index in [4.69, 9.17) is 16.3 Å². The standard InChI is InChI=1S/C13H12ClNOS/c14-13-10(8-17-11-6-16-7-11)5-9-3-1-2-4-12(9)15-13/h1-5,11H,6-8H2. The number of hydrogen-bond acceptors (Lipinski definition) is 3. The third kappa shape index (κ3) is 2.41. The predicted octanol–water partition coefficient (Wildman–Crippen LogP) is 3.52. The highest BCUT2D eigenvalue weighted by Crippen LogP contribution is 2.28. The minimum atomic E-state index is 0.622. The maximum absolute atomic E-state index is 6.19. The number of aromatic nitrogens is 1. The van der Waals surface area contributed by atoms with Gasteiger partial charge in [0.15, 0.2) is 0 Å². The Morgan fingerprint density at radius 3 is 2.94 bits per heavy atom. The molecule has 2 aromatic rings. The molecule has 1 aromatic heterocycles. The van der Waals surface area contributed by atoms with Crippen molar-refractivity contribution in [2.75, 3.05) is 13.2 Å². The largest absolute Gasteiger partial charge is 0.379 e. The van der Waals surface area contributed by atoms with Crippen LogP contribution in [0.4, 0.5) is 0 Å². The first kappa shape index (κ1) is 11.3. The number of fused-ring (bicyclic) bond motifs is 1. The summed E-state index contributed by atoms with van der Waals surface area (Å²) in [5.74, 6) is 0.907. The molecule has 0 aliphatic carbocycles. The molecule has 1 aromatic carbocycles. The maximum Gasteiger partial charge on any atom is 0.133 e. The van der Waals surface area contributed by atoms with Gasteiger partial charge >= 0.3 is 0 Å². The van der Waals surface area contributed by atoms with Gasteiger partial charge in [-0.15, -0.1) is 11.8 Å². The molecule has 1 saturated heterocycles. The summed E-state index contributed by atoms with van der Waals surface area (Å²) in [7, 11) is 0. The number of pyridine rings is 1. The van der Waals surface area contributed by atoms with Crippen molar-refractivity contribution in [2.24, 2.45) is 0 Å². The maximum atomic E-state index is 6.19. The van der Waals surface area contributed by atoms with Gasteiger partial charge in [0.2, 0.25) is 0 Å². The van der Waals surface area contributed by atoms with E-state index in [1.54, 1.807) is 0 Å². The molecule has 0 N–H and O–H groups in total. The molecule has 1 fully saturated rings. The number of thioether (sulfide) groups is 1. The van der Waals surface area contributed by atoms with Gasteiger partial charge in [-0.05, 0) is 12.1 Å². The first-order valence-electron chi connectivity index (χ1n) is 5.56. The van der Waals surface area contributed by atoms with Gasteiger partial charge in [-0.2, -0.15) is 0 Å². The SMILES string of the molecule is Clc1nc2ccccc2cc1CSC1COC1. The molecule has 0 atom stereocenters. The van der Waals surface area contributed by atoms with E-state index in [2.05, 4.69) is 17.1 Å². The molecule has 0 saturated carbocycles. The highest BCUT2D eigenvalue weighted by atomic mass is 35.5. The molecule has 0 bridgehead atoms. The van der Waals surface area contributed by atoms with E-state index in [9.17, 15) is 0 Å². The van der Waals surface area contributed by atoms with Crippen molar-refractivity contribution in [2.45, 2.75) is 11.0 Å². The monoisotopic (exact) mass is 265 g/mol. The number of para-hydroxylation sites is 1. The van der Waals surface area contributed by atoms with E-state index in [-0.39, 0.29) is 0 Å². The Morgan fingerprint density at radius 2 is 2.18 bits per heavy atom. The quantitative estimate of drug-likeness (QED) is 0.793. The van der Waals surface area contributed by atoms with E-state index in [0.717, 1.165) is 35.4 Å². The van der Waals surface area contributed by atoms with Crippen molar-refractivity contribution in [3.63, 3.8) is 0 Å². The van der Waals surface area contributed by atoms with E-state index >= 15 is 0 Å². The molecular weight excluding hydrogens is 254 g/mol. The summed E-state index contributed by atoms with van der Waals surface area (Å²) in [5.41, 5.74) is 2.07. The highest BCUT2D eigenvalue weighted by Gasteiger charge is 2.19. The average molecular weight is 266 g/mol. The molecule has 0 spiro atoms. The van der Waals surface area contributed by atoms with Crippen LogP contribution in [-0.2, 0) is 10.5 Å². The van der Waals surface area contributed by atoms with Crippen LogP contribution >= 0.6 is 23.4 Å². The summed E-state index contributed by atoms with van der Waals surface area (Å²) in [4.78, 5) is 4.42. The number of hydrogen-bond donors (Lipinski definition) is 0. The van der Waals surface area contributed by atoms with E-state index in [1.165, 1.54) is 0 Å². The van der Waals surface area contributed by atoms with Crippen molar-refractivity contribution in [3.8, 4) is 0 Å². The topological polar surface area (TPSA) is 22.1 Å². The lowest BCUT2D eigenvalue weighted by Crippen LogP contribution is -2.30. The third-order valence-electron chi connectivity index (χ3n) is 2.83. The van der Waals surface area contributed by atoms with E-state index < -0.39 is 0 Å². The minimum absolute atomic E-state index is 0.622. The first-order chi connectivity index (χ1) is 8.33. The second kappa shape index (κ2) is 4.84. The number of rotatable bonds is 3.